The Bertz CT molecular complexity index is 929. The highest BCUT2D eigenvalue weighted by molar-refractivity contribution is 5.34. The normalized spacial score (nSPS) is 27.7. The van der Waals surface area contributed by atoms with Crippen LogP contribution in [0.1, 0.15) is 41.5 Å². The number of hydrogen-bond acceptors (Lipinski definition) is 3. The van der Waals surface area contributed by atoms with Crippen molar-refractivity contribution in [3.8, 4) is 0 Å². The summed E-state index contributed by atoms with van der Waals surface area (Å²) in [6.07, 6.45) is -8.07. The summed E-state index contributed by atoms with van der Waals surface area (Å²) in [6.45, 7) is 0.203. The average Bonchev–Trinajstić information content (AvgIpc) is 3.06. The van der Waals surface area contributed by atoms with Gasteiger partial charge in [0.05, 0.1) is 36.0 Å². The molecule has 1 N–H and O–H groups in total. The number of ether oxygens (including phenoxy) is 2. The van der Waals surface area contributed by atoms with Gasteiger partial charge in [0.25, 0.3) is 0 Å². The van der Waals surface area contributed by atoms with E-state index in [9.17, 15) is 26.3 Å². The molecular formula is C24H25F6NO2. The first-order chi connectivity index (χ1) is 15.5. The predicted molar refractivity (Wildman–Crippen MR) is 109 cm³/mol. The molecule has 33 heavy (non-hydrogen) atoms. The Labute approximate surface area is 188 Å². The number of rotatable bonds is 6. The number of alkyl halides is 6. The molecule has 2 bridgehead atoms. The van der Waals surface area contributed by atoms with E-state index in [1.807, 2.05) is 30.3 Å². The van der Waals surface area contributed by atoms with Crippen LogP contribution in [0.25, 0.3) is 0 Å². The van der Waals surface area contributed by atoms with Gasteiger partial charge in [0.1, 0.15) is 0 Å². The second kappa shape index (κ2) is 8.92. The zero-order valence-electron chi connectivity index (χ0n) is 18.0. The van der Waals surface area contributed by atoms with Crippen LogP contribution in [-0.4, -0.2) is 25.9 Å². The Morgan fingerprint density at radius 1 is 0.939 bits per heavy atom. The van der Waals surface area contributed by atoms with Crippen LogP contribution in [0.4, 0.5) is 26.3 Å². The third-order valence-electron chi connectivity index (χ3n) is 6.65. The molecule has 0 amide bonds. The van der Waals surface area contributed by atoms with Gasteiger partial charge in [0, 0.05) is 13.2 Å². The summed E-state index contributed by atoms with van der Waals surface area (Å²) in [6, 6.07) is 11.4. The predicted octanol–water partition coefficient (Wildman–Crippen LogP) is 5.92. The first-order valence-electron chi connectivity index (χ1n) is 10.7. The molecule has 0 aromatic heterocycles. The van der Waals surface area contributed by atoms with Crippen LogP contribution < -0.4 is 5.32 Å². The summed E-state index contributed by atoms with van der Waals surface area (Å²) in [5.41, 5.74) is -2.43. The highest BCUT2D eigenvalue weighted by Crippen LogP contribution is 2.47. The largest absolute Gasteiger partial charge is 0.416 e. The molecule has 2 aliphatic rings. The molecule has 4 rings (SSSR count). The summed E-state index contributed by atoms with van der Waals surface area (Å²) in [5.74, 6) is 0.231. The molecule has 0 saturated carbocycles. The van der Waals surface area contributed by atoms with Crippen molar-refractivity contribution in [1.29, 1.82) is 0 Å². The molecule has 0 radical (unpaired) electrons. The lowest BCUT2D eigenvalue weighted by molar-refractivity contribution is -0.143. The van der Waals surface area contributed by atoms with E-state index in [0.717, 1.165) is 24.1 Å². The molecule has 0 aliphatic carbocycles. The smallest absolute Gasteiger partial charge is 0.384 e. The molecule has 2 aromatic rings. The fourth-order valence-electron chi connectivity index (χ4n) is 5.21. The highest BCUT2D eigenvalue weighted by atomic mass is 19.4. The van der Waals surface area contributed by atoms with E-state index in [4.69, 9.17) is 9.47 Å². The standard InChI is InChI=1S/C24H25F6NO2/c1-32-14-16-12-22(17-5-3-2-4-6-17)21(8-7-20(16)31-22)33-13-15-9-18(23(25,26)27)11-19(10-15)24(28,29)30/h2-6,9-11,16,20-21,31H,7-8,12-14H2,1H3/t16-,20-,21+,22+/m0/s1. The Hall–Kier alpha value is -2.10. The van der Waals surface area contributed by atoms with Crippen molar-refractivity contribution < 1.29 is 35.8 Å². The van der Waals surface area contributed by atoms with E-state index in [0.29, 0.717) is 19.4 Å². The molecule has 2 aliphatic heterocycles. The van der Waals surface area contributed by atoms with E-state index in [1.54, 1.807) is 7.11 Å². The Balaban J connectivity index is 1.62. The summed E-state index contributed by atoms with van der Waals surface area (Å²) in [4.78, 5) is 0. The van der Waals surface area contributed by atoms with E-state index >= 15 is 0 Å². The third-order valence-corrected chi connectivity index (χ3v) is 6.65. The second-order valence-corrected chi connectivity index (χ2v) is 8.80. The summed E-state index contributed by atoms with van der Waals surface area (Å²) >= 11 is 0. The van der Waals surface area contributed by atoms with Crippen LogP contribution in [0, 0.1) is 5.92 Å². The van der Waals surface area contributed by atoms with E-state index in [1.165, 1.54) is 0 Å². The number of methoxy groups -OCH3 is 1. The number of fused-ring (bicyclic) bond motifs is 2. The van der Waals surface area contributed by atoms with Gasteiger partial charge in [0.15, 0.2) is 0 Å². The van der Waals surface area contributed by atoms with Crippen molar-refractivity contribution in [1.82, 2.24) is 5.32 Å². The first-order valence-corrected chi connectivity index (χ1v) is 10.7. The van der Waals surface area contributed by atoms with Gasteiger partial charge in [-0.15, -0.1) is 0 Å². The molecular weight excluding hydrogens is 448 g/mol. The van der Waals surface area contributed by atoms with Gasteiger partial charge in [-0.05, 0) is 54.5 Å². The van der Waals surface area contributed by atoms with Crippen molar-refractivity contribution in [2.24, 2.45) is 5.92 Å². The molecule has 2 aromatic carbocycles. The maximum Gasteiger partial charge on any atom is 0.416 e. The van der Waals surface area contributed by atoms with Gasteiger partial charge in [-0.2, -0.15) is 26.3 Å². The van der Waals surface area contributed by atoms with Crippen LogP contribution >= 0.6 is 0 Å². The minimum Gasteiger partial charge on any atom is -0.384 e. The number of nitrogens with one attached hydrogen (secondary N) is 1. The topological polar surface area (TPSA) is 30.5 Å². The molecule has 3 nitrogen and oxygen atoms in total. The zero-order chi connectivity index (χ0) is 23.9. The van der Waals surface area contributed by atoms with E-state index < -0.39 is 35.1 Å². The van der Waals surface area contributed by atoms with Crippen LogP contribution in [0.3, 0.4) is 0 Å². The number of hydrogen-bond donors (Lipinski definition) is 1. The van der Waals surface area contributed by atoms with Gasteiger partial charge in [0.2, 0.25) is 0 Å². The Morgan fingerprint density at radius 3 is 2.15 bits per heavy atom. The summed E-state index contributed by atoms with van der Waals surface area (Å²) in [5, 5.41) is 3.65. The lowest BCUT2D eigenvalue weighted by Crippen LogP contribution is -2.54. The lowest BCUT2D eigenvalue weighted by atomic mass is 9.80. The first kappa shape index (κ1) is 24.0. The minimum atomic E-state index is -4.89. The molecule has 2 saturated heterocycles. The fraction of sp³-hybridized carbons (Fsp3) is 0.500. The summed E-state index contributed by atoms with van der Waals surface area (Å²) < 4.78 is 90.8. The third kappa shape index (κ3) is 4.90. The molecule has 2 fully saturated rings. The van der Waals surface area contributed by atoms with Crippen molar-refractivity contribution in [3.63, 3.8) is 0 Å². The van der Waals surface area contributed by atoms with Crippen LogP contribution in [0.5, 0.6) is 0 Å². The summed E-state index contributed by atoms with van der Waals surface area (Å²) in [7, 11) is 1.64. The zero-order valence-corrected chi connectivity index (χ0v) is 18.0. The fourth-order valence-corrected chi connectivity index (χ4v) is 5.21. The monoisotopic (exact) mass is 473 g/mol. The van der Waals surface area contributed by atoms with Gasteiger partial charge in [-0.25, -0.2) is 0 Å². The molecule has 0 unspecified atom stereocenters. The van der Waals surface area contributed by atoms with Crippen LogP contribution in [-0.2, 0) is 34.0 Å². The van der Waals surface area contributed by atoms with Gasteiger partial charge in [-0.3, -0.25) is 0 Å². The van der Waals surface area contributed by atoms with E-state index in [-0.39, 0.29) is 30.2 Å². The Kier molecular flexibility index (Phi) is 6.50. The molecule has 9 heteroatoms. The molecule has 4 atom stereocenters. The number of piperidine rings is 1. The van der Waals surface area contributed by atoms with Crippen molar-refractivity contribution in [2.45, 2.75) is 55.9 Å². The van der Waals surface area contributed by atoms with Crippen LogP contribution in [0.15, 0.2) is 48.5 Å². The lowest BCUT2D eigenvalue weighted by Gasteiger charge is -2.42. The van der Waals surface area contributed by atoms with Gasteiger partial charge < -0.3 is 14.8 Å². The van der Waals surface area contributed by atoms with Crippen molar-refractivity contribution >= 4 is 0 Å². The van der Waals surface area contributed by atoms with Gasteiger partial charge in [-0.1, -0.05) is 30.3 Å². The van der Waals surface area contributed by atoms with Gasteiger partial charge >= 0.3 is 12.4 Å². The SMILES string of the molecule is COC[C@@H]1C[C@]2(c3ccccc3)N[C@H]1CC[C@H]2OCc1cc(C(F)(F)F)cc(C(F)(F)F)c1. The van der Waals surface area contributed by atoms with Crippen LogP contribution in [0.2, 0.25) is 0 Å². The Morgan fingerprint density at radius 2 is 1.58 bits per heavy atom. The number of benzene rings is 2. The quantitative estimate of drug-likeness (QED) is 0.528. The molecule has 180 valence electrons. The highest BCUT2D eigenvalue weighted by Gasteiger charge is 2.54. The van der Waals surface area contributed by atoms with E-state index in [2.05, 4.69) is 5.32 Å². The maximum atomic E-state index is 13.2. The molecule has 2 heterocycles. The minimum absolute atomic E-state index is 0.133. The second-order valence-electron chi connectivity index (χ2n) is 8.80. The van der Waals surface area contributed by atoms with Crippen molar-refractivity contribution in [3.05, 3.63) is 70.8 Å². The van der Waals surface area contributed by atoms with Crippen molar-refractivity contribution in [2.75, 3.05) is 13.7 Å². The maximum absolute atomic E-state index is 13.2. The number of halogens is 6. The molecule has 0 spiro atoms. The average molecular weight is 473 g/mol.